The summed E-state index contributed by atoms with van der Waals surface area (Å²) >= 11 is 0. The fourth-order valence-electron chi connectivity index (χ4n) is 3.78. The molecule has 2 fully saturated rings. The summed E-state index contributed by atoms with van der Waals surface area (Å²) < 4.78 is 34.3. The van der Waals surface area contributed by atoms with E-state index in [4.69, 9.17) is 4.74 Å². The Balaban J connectivity index is 1.80. The van der Waals surface area contributed by atoms with Gasteiger partial charge in [0.15, 0.2) is 0 Å². The molecule has 2 aliphatic carbocycles. The van der Waals surface area contributed by atoms with Gasteiger partial charge in [-0.2, -0.15) is 0 Å². The minimum absolute atomic E-state index is 0.205. The Bertz CT molecular complexity index is 499. The van der Waals surface area contributed by atoms with Crippen LogP contribution in [0.5, 0.6) is 0 Å². The van der Waals surface area contributed by atoms with Gasteiger partial charge in [-0.25, -0.2) is 8.42 Å². The lowest BCUT2D eigenvalue weighted by molar-refractivity contribution is 0.113. The number of hydrogen-bond acceptors (Lipinski definition) is 3. The average molecular weight is 299 g/mol. The Morgan fingerprint density at radius 1 is 1.25 bits per heavy atom. The van der Waals surface area contributed by atoms with Crippen molar-refractivity contribution < 1.29 is 13.2 Å². The SMILES string of the molecule is CC(C)C1OC(CC2CCCCC2)=NS(=O)(=O)C12CC2. The van der Waals surface area contributed by atoms with Gasteiger partial charge in [0.1, 0.15) is 10.9 Å². The Kier molecular flexibility index (Phi) is 3.59. The van der Waals surface area contributed by atoms with Crippen LogP contribution >= 0.6 is 0 Å². The molecule has 1 spiro atoms. The molecule has 1 aliphatic heterocycles. The molecule has 0 aromatic carbocycles. The molecule has 5 heteroatoms. The highest BCUT2D eigenvalue weighted by atomic mass is 32.2. The summed E-state index contributed by atoms with van der Waals surface area (Å²) in [5.41, 5.74) is 0. The van der Waals surface area contributed by atoms with Crippen molar-refractivity contribution >= 4 is 15.9 Å². The van der Waals surface area contributed by atoms with Crippen molar-refractivity contribution in [2.24, 2.45) is 16.2 Å². The van der Waals surface area contributed by atoms with Crippen molar-refractivity contribution in [3.05, 3.63) is 0 Å². The molecule has 4 nitrogen and oxygen atoms in total. The van der Waals surface area contributed by atoms with Crippen molar-refractivity contribution in [2.75, 3.05) is 0 Å². The molecule has 1 atom stereocenters. The minimum atomic E-state index is -3.38. The van der Waals surface area contributed by atoms with Gasteiger partial charge in [0.25, 0.3) is 10.0 Å². The first-order valence-corrected chi connectivity index (χ1v) is 9.39. The molecule has 0 N–H and O–H groups in total. The van der Waals surface area contributed by atoms with E-state index in [0.29, 0.717) is 31.1 Å². The zero-order valence-electron chi connectivity index (χ0n) is 12.5. The lowest BCUT2D eigenvalue weighted by Crippen LogP contribution is -2.46. The quantitative estimate of drug-likeness (QED) is 0.803. The molecule has 0 radical (unpaired) electrons. The number of hydrogen-bond donors (Lipinski definition) is 0. The maximum atomic E-state index is 12.5. The predicted octanol–water partition coefficient (Wildman–Crippen LogP) is 3.27. The van der Waals surface area contributed by atoms with Gasteiger partial charge in [-0.05, 0) is 37.5 Å². The standard InChI is InChI=1S/C15H25NO3S/c1-11(2)14-15(8-9-15)20(17,18)16-13(19-14)10-12-6-4-3-5-7-12/h11-12,14H,3-10H2,1-2H3. The molecular weight excluding hydrogens is 274 g/mol. The van der Waals surface area contributed by atoms with Gasteiger partial charge in [0.05, 0.1) is 0 Å². The fourth-order valence-corrected chi connectivity index (χ4v) is 5.58. The Hall–Kier alpha value is -0.580. The topological polar surface area (TPSA) is 55.7 Å². The Labute approximate surface area is 122 Å². The third-order valence-corrected chi connectivity index (χ3v) is 7.17. The average Bonchev–Trinajstić information content (AvgIpc) is 3.16. The first-order valence-electron chi connectivity index (χ1n) is 7.95. The van der Waals surface area contributed by atoms with Crippen LogP contribution in [0.15, 0.2) is 4.40 Å². The van der Waals surface area contributed by atoms with E-state index in [9.17, 15) is 8.42 Å². The van der Waals surface area contributed by atoms with E-state index in [-0.39, 0.29) is 12.0 Å². The summed E-state index contributed by atoms with van der Waals surface area (Å²) in [6.07, 6.45) is 8.09. The van der Waals surface area contributed by atoms with Crippen LogP contribution < -0.4 is 0 Å². The van der Waals surface area contributed by atoms with Crippen molar-refractivity contribution in [2.45, 2.75) is 76.1 Å². The van der Waals surface area contributed by atoms with Gasteiger partial charge in [-0.1, -0.05) is 33.1 Å². The molecule has 114 valence electrons. The number of nitrogens with zero attached hydrogens (tertiary/aromatic N) is 1. The predicted molar refractivity (Wildman–Crippen MR) is 79.2 cm³/mol. The second-order valence-corrected chi connectivity index (χ2v) is 8.96. The zero-order valence-corrected chi connectivity index (χ0v) is 13.3. The van der Waals surface area contributed by atoms with E-state index >= 15 is 0 Å². The summed E-state index contributed by atoms with van der Waals surface area (Å²) in [5.74, 6) is 1.25. The normalized spacial score (nSPS) is 31.9. The molecular formula is C15H25NO3S. The van der Waals surface area contributed by atoms with E-state index in [1.54, 1.807) is 0 Å². The van der Waals surface area contributed by atoms with Gasteiger partial charge in [-0.3, -0.25) is 0 Å². The first kappa shape index (κ1) is 14.4. The van der Waals surface area contributed by atoms with Crippen LogP contribution in [0.2, 0.25) is 0 Å². The largest absolute Gasteiger partial charge is 0.475 e. The molecule has 1 unspecified atom stereocenters. The van der Waals surface area contributed by atoms with Gasteiger partial charge in [0, 0.05) is 6.42 Å². The third kappa shape index (κ3) is 2.38. The summed E-state index contributed by atoms with van der Waals surface area (Å²) in [7, 11) is -3.38. The maximum absolute atomic E-state index is 12.5. The second-order valence-electron chi connectivity index (χ2n) is 7.02. The highest BCUT2D eigenvalue weighted by Crippen LogP contribution is 2.52. The molecule has 3 aliphatic rings. The summed E-state index contributed by atoms with van der Waals surface area (Å²) in [5, 5.41) is 0. The smallest absolute Gasteiger partial charge is 0.265 e. The van der Waals surface area contributed by atoms with Crippen LogP contribution in [0.3, 0.4) is 0 Å². The molecule has 0 aromatic rings. The minimum Gasteiger partial charge on any atom is -0.475 e. The molecule has 0 saturated heterocycles. The summed E-state index contributed by atoms with van der Waals surface area (Å²) in [6, 6.07) is 0. The summed E-state index contributed by atoms with van der Waals surface area (Å²) in [4.78, 5) is 0. The van der Waals surface area contributed by atoms with E-state index in [1.165, 1.54) is 32.1 Å². The second kappa shape index (κ2) is 5.00. The van der Waals surface area contributed by atoms with Crippen LogP contribution in [-0.2, 0) is 14.8 Å². The monoisotopic (exact) mass is 299 g/mol. The van der Waals surface area contributed by atoms with Gasteiger partial charge < -0.3 is 4.74 Å². The van der Waals surface area contributed by atoms with Gasteiger partial charge >= 0.3 is 0 Å². The van der Waals surface area contributed by atoms with Crippen LogP contribution in [0.25, 0.3) is 0 Å². The Morgan fingerprint density at radius 2 is 1.90 bits per heavy atom. The van der Waals surface area contributed by atoms with Crippen LogP contribution in [0.1, 0.15) is 65.2 Å². The van der Waals surface area contributed by atoms with E-state index < -0.39 is 14.8 Å². The van der Waals surface area contributed by atoms with E-state index in [1.807, 2.05) is 13.8 Å². The maximum Gasteiger partial charge on any atom is 0.265 e. The first-order chi connectivity index (χ1) is 9.45. The Morgan fingerprint density at radius 3 is 2.45 bits per heavy atom. The molecule has 0 amide bonds. The fraction of sp³-hybridized carbons (Fsp3) is 0.933. The molecule has 2 saturated carbocycles. The zero-order chi connectivity index (χ0) is 14.4. The molecule has 20 heavy (non-hydrogen) atoms. The highest BCUT2D eigenvalue weighted by Gasteiger charge is 2.64. The molecule has 1 heterocycles. The van der Waals surface area contributed by atoms with E-state index in [2.05, 4.69) is 4.40 Å². The van der Waals surface area contributed by atoms with Crippen molar-refractivity contribution in [1.82, 2.24) is 0 Å². The molecule has 3 rings (SSSR count). The summed E-state index contributed by atoms with van der Waals surface area (Å²) in [6.45, 7) is 4.09. The number of rotatable bonds is 3. The van der Waals surface area contributed by atoms with Crippen LogP contribution in [0, 0.1) is 11.8 Å². The molecule has 0 bridgehead atoms. The van der Waals surface area contributed by atoms with Crippen molar-refractivity contribution in [3.8, 4) is 0 Å². The van der Waals surface area contributed by atoms with Crippen molar-refractivity contribution in [1.29, 1.82) is 0 Å². The van der Waals surface area contributed by atoms with E-state index in [0.717, 1.165) is 0 Å². The molecule has 0 aromatic heterocycles. The van der Waals surface area contributed by atoms with Gasteiger partial charge in [0.2, 0.25) is 5.90 Å². The lowest BCUT2D eigenvalue weighted by Gasteiger charge is -2.34. The van der Waals surface area contributed by atoms with Crippen LogP contribution in [0.4, 0.5) is 0 Å². The third-order valence-electron chi connectivity index (χ3n) is 5.05. The van der Waals surface area contributed by atoms with Crippen LogP contribution in [-0.4, -0.2) is 25.2 Å². The lowest BCUT2D eigenvalue weighted by atomic mass is 9.87. The van der Waals surface area contributed by atoms with Gasteiger partial charge in [-0.15, -0.1) is 4.40 Å². The number of ether oxygens (including phenoxy) is 1. The highest BCUT2D eigenvalue weighted by molar-refractivity contribution is 7.92. The number of sulfonamides is 1. The van der Waals surface area contributed by atoms with Crippen molar-refractivity contribution in [3.63, 3.8) is 0 Å².